The summed E-state index contributed by atoms with van der Waals surface area (Å²) >= 11 is 0. The van der Waals surface area contributed by atoms with Gasteiger partial charge in [-0.1, -0.05) is 27.7 Å². The van der Waals surface area contributed by atoms with Gasteiger partial charge >= 0.3 is 0 Å². The number of aliphatic hydroxyl groups is 1. The van der Waals surface area contributed by atoms with Crippen LogP contribution in [-0.4, -0.2) is 11.2 Å². The standard InChI is InChI=1S/C12H24O/c1-9-6-11(3,4)8-12(5,7-9)10(2)13/h9-10,13H,6-8H2,1-5H3. The predicted octanol–water partition coefficient (Wildman–Crippen LogP) is 3.22. The van der Waals surface area contributed by atoms with Gasteiger partial charge < -0.3 is 5.11 Å². The lowest BCUT2D eigenvalue weighted by Gasteiger charge is -2.47. The van der Waals surface area contributed by atoms with Gasteiger partial charge in [0.25, 0.3) is 0 Å². The van der Waals surface area contributed by atoms with E-state index in [0.717, 1.165) is 12.3 Å². The minimum absolute atomic E-state index is 0.140. The molecule has 1 rings (SSSR count). The fraction of sp³-hybridized carbons (Fsp3) is 1.00. The molecule has 0 saturated heterocycles. The van der Waals surface area contributed by atoms with Crippen molar-refractivity contribution in [2.24, 2.45) is 16.7 Å². The van der Waals surface area contributed by atoms with E-state index in [2.05, 4.69) is 27.7 Å². The Morgan fingerprint density at radius 2 is 1.77 bits per heavy atom. The topological polar surface area (TPSA) is 20.2 Å². The van der Waals surface area contributed by atoms with Gasteiger partial charge in [-0.05, 0) is 42.9 Å². The predicted molar refractivity (Wildman–Crippen MR) is 56.6 cm³/mol. The summed E-state index contributed by atoms with van der Waals surface area (Å²) in [6.07, 6.45) is 3.46. The van der Waals surface area contributed by atoms with E-state index in [1.165, 1.54) is 12.8 Å². The van der Waals surface area contributed by atoms with Crippen LogP contribution in [0.5, 0.6) is 0 Å². The van der Waals surface area contributed by atoms with Crippen LogP contribution in [-0.2, 0) is 0 Å². The largest absolute Gasteiger partial charge is 0.393 e. The lowest BCUT2D eigenvalue weighted by molar-refractivity contribution is -0.0351. The van der Waals surface area contributed by atoms with Crippen LogP contribution in [0.3, 0.4) is 0 Å². The molecule has 0 aromatic heterocycles. The molecule has 1 aliphatic carbocycles. The van der Waals surface area contributed by atoms with E-state index >= 15 is 0 Å². The molecule has 1 fully saturated rings. The van der Waals surface area contributed by atoms with Crippen molar-refractivity contribution in [2.45, 2.75) is 60.0 Å². The summed E-state index contributed by atoms with van der Waals surface area (Å²) in [6.45, 7) is 11.1. The Morgan fingerprint density at radius 3 is 2.15 bits per heavy atom. The molecule has 1 saturated carbocycles. The third-order valence-electron chi connectivity index (χ3n) is 3.61. The minimum Gasteiger partial charge on any atom is -0.393 e. The molecule has 78 valence electrons. The van der Waals surface area contributed by atoms with Gasteiger partial charge in [-0.3, -0.25) is 0 Å². The molecular weight excluding hydrogens is 160 g/mol. The summed E-state index contributed by atoms with van der Waals surface area (Å²) in [5, 5.41) is 9.79. The Balaban J connectivity index is 2.78. The molecule has 13 heavy (non-hydrogen) atoms. The van der Waals surface area contributed by atoms with E-state index in [9.17, 15) is 5.11 Å². The van der Waals surface area contributed by atoms with Crippen molar-refractivity contribution < 1.29 is 5.11 Å². The number of aliphatic hydroxyl groups excluding tert-OH is 1. The molecule has 3 atom stereocenters. The van der Waals surface area contributed by atoms with Gasteiger partial charge in [0.15, 0.2) is 0 Å². The monoisotopic (exact) mass is 184 g/mol. The van der Waals surface area contributed by atoms with Crippen molar-refractivity contribution in [1.29, 1.82) is 0 Å². The molecule has 1 heteroatoms. The Kier molecular flexibility index (Phi) is 2.78. The average molecular weight is 184 g/mol. The lowest BCUT2D eigenvalue weighted by atomic mass is 9.59. The van der Waals surface area contributed by atoms with Crippen LogP contribution in [0.4, 0.5) is 0 Å². The highest BCUT2D eigenvalue weighted by atomic mass is 16.3. The SMILES string of the molecule is CC1CC(C)(C)CC(C)(C(C)O)C1. The van der Waals surface area contributed by atoms with Crippen molar-refractivity contribution in [3.8, 4) is 0 Å². The lowest BCUT2D eigenvalue weighted by Crippen LogP contribution is -2.41. The highest BCUT2D eigenvalue weighted by Crippen LogP contribution is 2.49. The maximum atomic E-state index is 9.79. The van der Waals surface area contributed by atoms with Crippen LogP contribution in [0, 0.1) is 16.7 Å². The van der Waals surface area contributed by atoms with Crippen molar-refractivity contribution >= 4 is 0 Å². The smallest absolute Gasteiger partial charge is 0.0565 e. The summed E-state index contributed by atoms with van der Waals surface area (Å²) in [7, 11) is 0. The maximum absolute atomic E-state index is 9.79. The van der Waals surface area contributed by atoms with Gasteiger partial charge in [0, 0.05) is 0 Å². The first-order chi connectivity index (χ1) is 5.75. The van der Waals surface area contributed by atoms with Crippen LogP contribution >= 0.6 is 0 Å². The molecule has 0 heterocycles. The molecule has 3 unspecified atom stereocenters. The molecule has 1 nitrogen and oxygen atoms in total. The van der Waals surface area contributed by atoms with Crippen molar-refractivity contribution in [1.82, 2.24) is 0 Å². The number of rotatable bonds is 1. The van der Waals surface area contributed by atoms with Gasteiger partial charge in [0.2, 0.25) is 0 Å². The Labute approximate surface area is 82.5 Å². The third-order valence-corrected chi connectivity index (χ3v) is 3.61. The first-order valence-electron chi connectivity index (χ1n) is 5.43. The molecule has 0 radical (unpaired) electrons. The Hall–Kier alpha value is -0.0400. The van der Waals surface area contributed by atoms with E-state index in [4.69, 9.17) is 0 Å². The maximum Gasteiger partial charge on any atom is 0.0565 e. The third kappa shape index (κ3) is 2.46. The molecule has 0 aromatic rings. The Bertz CT molecular complexity index is 184. The van der Waals surface area contributed by atoms with Gasteiger partial charge in [0.05, 0.1) is 6.10 Å². The quantitative estimate of drug-likeness (QED) is 0.663. The Morgan fingerprint density at radius 1 is 1.23 bits per heavy atom. The van der Waals surface area contributed by atoms with E-state index in [1.54, 1.807) is 0 Å². The molecule has 0 spiro atoms. The highest BCUT2D eigenvalue weighted by molar-refractivity contribution is 4.92. The second kappa shape index (κ2) is 3.27. The number of hydrogen-bond acceptors (Lipinski definition) is 1. The summed E-state index contributed by atoms with van der Waals surface area (Å²) < 4.78 is 0. The fourth-order valence-electron chi connectivity index (χ4n) is 3.37. The zero-order chi connectivity index (χ0) is 10.3. The molecule has 0 amide bonds. The van der Waals surface area contributed by atoms with E-state index in [-0.39, 0.29) is 11.5 Å². The van der Waals surface area contributed by atoms with Crippen LogP contribution < -0.4 is 0 Å². The summed E-state index contributed by atoms with van der Waals surface area (Å²) in [5.74, 6) is 0.753. The molecule has 0 aromatic carbocycles. The van der Waals surface area contributed by atoms with E-state index in [1.807, 2.05) is 6.92 Å². The molecule has 1 N–H and O–H groups in total. The normalized spacial score (nSPS) is 41.5. The van der Waals surface area contributed by atoms with Crippen LogP contribution in [0.2, 0.25) is 0 Å². The summed E-state index contributed by atoms with van der Waals surface area (Å²) in [6, 6.07) is 0. The van der Waals surface area contributed by atoms with Crippen molar-refractivity contribution in [3.05, 3.63) is 0 Å². The molecular formula is C12H24O. The van der Waals surface area contributed by atoms with Gasteiger partial charge in [-0.25, -0.2) is 0 Å². The van der Waals surface area contributed by atoms with Crippen molar-refractivity contribution in [3.63, 3.8) is 0 Å². The first-order valence-corrected chi connectivity index (χ1v) is 5.43. The zero-order valence-corrected chi connectivity index (χ0v) is 9.72. The van der Waals surface area contributed by atoms with Crippen LogP contribution in [0.15, 0.2) is 0 Å². The average Bonchev–Trinajstić information content (AvgIpc) is 1.79. The second-order valence-corrected chi connectivity index (χ2v) is 6.18. The molecule has 1 aliphatic rings. The zero-order valence-electron chi connectivity index (χ0n) is 9.72. The number of hydrogen-bond donors (Lipinski definition) is 1. The fourth-order valence-corrected chi connectivity index (χ4v) is 3.37. The van der Waals surface area contributed by atoms with Gasteiger partial charge in [-0.15, -0.1) is 0 Å². The van der Waals surface area contributed by atoms with Gasteiger partial charge in [0.1, 0.15) is 0 Å². The van der Waals surface area contributed by atoms with E-state index < -0.39 is 0 Å². The molecule has 0 aliphatic heterocycles. The summed E-state index contributed by atoms with van der Waals surface area (Å²) in [4.78, 5) is 0. The highest BCUT2D eigenvalue weighted by Gasteiger charge is 2.42. The molecule has 0 bridgehead atoms. The van der Waals surface area contributed by atoms with Crippen LogP contribution in [0.25, 0.3) is 0 Å². The van der Waals surface area contributed by atoms with Gasteiger partial charge in [-0.2, -0.15) is 0 Å². The minimum atomic E-state index is -0.172. The summed E-state index contributed by atoms with van der Waals surface area (Å²) in [5.41, 5.74) is 0.546. The first kappa shape index (κ1) is 11.0. The second-order valence-electron chi connectivity index (χ2n) is 6.18. The van der Waals surface area contributed by atoms with Crippen molar-refractivity contribution in [2.75, 3.05) is 0 Å². The van der Waals surface area contributed by atoms with E-state index in [0.29, 0.717) is 5.41 Å². The van der Waals surface area contributed by atoms with Crippen LogP contribution in [0.1, 0.15) is 53.9 Å².